The zero-order valence-electron chi connectivity index (χ0n) is 11.7. The smallest absolute Gasteiger partial charge is 0.324 e. The second kappa shape index (κ2) is 7.70. The maximum absolute atomic E-state index is 11.9. The summed E-state index contributed by atoms with van der Waals surface area (Å²) in [5.74, 6) is -0.766. The minimum atomic E-state index is -0.550. The first-order chi connectivity index (χ1) is 11.0. The number of nitrogens with one attached hydrogen (secondary N) is 2. The van der Waals surface area contributed by atoms with Gasteiger partial charge in [-0.2, -0.15) is 0 Å². The lowest BCUT2D eigenvalue weighted by molar-refractivity contribution is -0.380. The van der Waals surface area contributed by atoms with Gasteiger partial charge in [-0.15, -0.1) is 0 Å². The molecule has 0 saturated heterocycles. The first kappa shape index (κ1) is 16.9. The van der Waals surface area contributed by atoms with Crippen LogP contribution in [0.4, 0.5) is 5.00 Å². The average molecular weight is 354 g/mol. The molecule has 1 aromatic heterocycles. The molecule has 0 bridgehead atoms. The molecular weight excluding hydrogens is 342 g/mol. The van der Waals surface area contributed by atoms with E-state index in [0.717, 1.165) is 11.3 Å². The van der Waals surface area contributed by atoms with E-state index in [1.54, 1.807) is 24.3 Å². The number of rotatable bonds is 6. The highest BCUT2D eigenvalue weighted by molar-refractivity contribution is 7.13. The fraction of sp³-hybridized carbons (Fsp3) is 0.143. The maximum atomic E-state index is 11.9. The molecule has 1 aromatic carbocycles. The highest BCUT2D eigenvalue weighted by atomic mass is 35.5. The molecule has 0 aliphatic carbocycles. The van der Waals surface area contributed by atoms with Crippen LogP contribution >= 0.6 is 22.9 Å². The highest BCUT2D eigenvalue weighted by Gasteiger charge is 2.14. The van der Waals surface area contributed by atoms with Crippen molar-refractivity contribution < 1.29 is 14.5 Å². The first-order valence-corrected chi connectivity index (χ1v) is 7.78. The van der Waals surface area contributed by atoms with Crippen molar-refractivity contribution in [2.75, 3.05) is 13.1 Å². The number of nitrogens with zero attached hydrogens (tertiary/aromatic N) is 1. The molecule has 1 heterocycles. The summed E-state index contributed by atoms with van der Waals surface area (Å²) in [6.07, 6.45) is 0. The molecule has 0 unspecified atom stereocenters. The lowest BCUT2D eigenvalue weighted by Crippen LogP contribution is -2.34. The van der Waals surface area contributed by atoms with Gasteiger partial charge in [-0.25, -0.2) is 0 Å². The van der Waals surface area contributed by atoms with Gasteiger partial charge in [0, 0.05) is 24.5 Å². The summed E-state index contributed by atoms with van der Waals surface area (Å²) >= 11 is 6.79. The van der Waals surface area contributed by atoms with Crippen LogP contribution in [0.1, 0.15) is 20.7 Å². The van der Waals surface area contributed by atoms with Crippen molar-refractivity contribution >= 4 is 39.8 Å². The second-order valence-corrected chi connectivity index (χ2v) is 5.72. The molecule has 0 radical (unpaired) electrons. The zero-order valence-corrected chi connectivity index (χ0v) is 13.3. The van der Waals surface area contributed by atoms with Crippen molar-refractivity contribution in [2.45, 2.75) is 0 Å². The van der Waals surface area contributed by atoms with Gasteiger partial charge in [-0.1, -0.05) is 35.1 Å². The largest absolute Gasteiger partial charge is 0.350 e. The maximum Gasteiger partial charge on any atom is 0.324 e. The molecule has 2 aromatic rings. The Bertz CT molecular complexity index is 747. The normalized spacial score (nSPS) is 10.1. The van der Waals surface area contributed by atoms with Crippen molar-refractivity contribution in [2.24, 2.45) is 0 Å². The Morgan fingerprint density at radius 1 is 1.17 bits per heavy atom. The van der Waals surface area contributed by atoms with E-state index < -0.39 is 10.8 Å². The minimum Gasteiger partial charge on any atom is -0.350 e. The van der Waals surface area contributed by atoms with Crippen molar-refractivity contribution in [3.05, 3.63) is 62.0 Å². The molecule has 0 saturated carbocycles. The zero-order chi connectivity index (χ0) is 16.8. The van der Waals surface area contributed by atoms with Crippen LogP contribution in [0.5, 0.6) is 0 Å². The highest BCUT2D eigenvalue weighted by Crippen LogP contribution is 2.22. The van der Waals surface area contributed by atoms with Gasteiger partial charge in [-0.3, -0.25) is 19.7 Å². The van der Waals surface area contributed by atoms with E-state index in [1.165, 1.54) is 11.4 Å². The van der Waals surface area contributed by atoms with E-state index in [0.29, 0.717) is 10.6 Å². The molecule has 2 amide bonds. The van der Waals surface area contributed by atoms with Crippen LogP contribution in [-0.4, -0.2) is 29.8 Å². The Morgan fingerprint density at radius 2 is 1.83 bits per heavy atom. The van der Waals surface area contributed by atoms with Gasteiger partial charge in [0.2, 0.25) is 0 Å². The Hall–Kier alpha value is -2.45. The lowest BCUT2D eigenvalue weighted by Gasteiger charge is -2.07. The Labute approximate surface area is 140 Å². The number of hydrogen-bond acceptors (Lipinski definition) is 5. The van der Waals surface area contributed by atoms with Crippen LogP contribution in [0.25, 0.3) is 0 Å². The summed E-state index contributed by atoms with van der Waals surface area (Å²) in [6, 6.07) is 7.84. The predicted molar refractivity (Wildman–Crippen MR) is 87.1 cm³/mol. The SMILES string of the molecule is O=C(NCCNC(=O)c1ccccc1Cl)c1csc([N+](=O)[O-])c1. The minimum absolute atomic E-state index is 0.0952. The van der Waals surface area contributed by atoms with Crippen molar-refractivity contribution in [3.63, 3.8) is 0 Å². The third-order valence-corrected chi connectivity index (χ3v) is 4.05. The fourth-order valence-electron chi connectivity index (χ4n) is 1.73. The summed E-state index contributed by atoms with van der Waals surface area (Å²) in [4.78, 5) is 33.7. The number of amides is 2. The van der Waals surface area contributed by atoms with Crippen LogP contribution in [0.2, 0.25) is 5.02 Å². The quantitative estimate of drug-likeness (QED) is 0.473. The van der Waals surface area contributed by atoms with Crippen molar-refractivity contribution in [3.8, 4) is 0 Å². The van der Waals surface area contributed by atoms with E-state index in [2.05, 4.69) is 10.6 Å². The van der Waals surface area contributed by atoms with Crippen LogP contribution < -0.4 is 10.6 Å². The average Bonchev–Trinajstić information content (AvgIpc) is 3.02. The molecule has 2 rings (SSSR count). The van der Waals surface area contributed by atoms with E-state index >= 15 is 0 Å². The summed E-state index contributed by atoms with van der Waals surface area (Å²) < 4.78 is 0. The van der Waals surface area contributed by atoms with E-state index in [4.69, 9.17) is 11.6 Å². The molecule has 0 atom stereocenters. The van der Waals surface area contributed by atoms with Gasteiger partial charge < -0.3 is 10.6 Å². The van der Waals surface area contributed by atoms with Crippen LogP contribution in [0, 0.1) is 10.1 Å². The molecule has 9 heteroatoms. The van der Waals surface area contributed by atoms with Crippen molar-refractivity contribution in [1.29, 1.82) is 0 Å². The summed E-state index contributed by atoms with van der Waals surface area (Å²) in [5.41, 5.74) is 0.577. The molecule has 0 fully saturated rings. The number of carbonyl (C=O) groups excluding carboxylic acids is 2. The second-order valence-electron chi connectivity index (χ2n) is 4.42. The number of thiophene rings is 1. The molecule has 7 nitrogen and oxygen atoms in total. The van der Waals surface area contributed by atoms with Crippen LogP contribution in [0.3, 0.4) is 0 Å². The molecule has 2 N–H and O–H groups in total. The fourth-order valence-corrected chi connectivity index (χ4v) is 2.66. The number of halogens is 1. The molecule has 120 valence electrons. The van der Waals surface area contributed by atoms with Crippen LogP contribution in [0.15, 0.2) is 35.7 Å². The van der Waals surface area contributed by atoms with E-state index in [1.807, 2.05) is 0 Å². The lowest BCUT2D eigenvalue weighted by atomic mass is 10.2. The summed E-state index contributed by atoms with van der Waals surface area (Å²) in [7, 11) is 0. The standard InChI is InChI=1S/C14H12ClN3O4S/c15-11-4-2-1-3-10(11)14(20)17-6-5-16-13(19)9-7-12(18(21)22)23-8-9/h1-4,7-8H,5-6H2,(H,16,19)(H,17,20). The molecule has 0 aliphatic rings. The first-order valence-electron chi connectivity index (χ1n) is 6.53. The number of benzene rings is 1. The monoisotopic (exact) mass is 353 g/mol. The molecule has 23 heavy (non-hydrogen) atoms. The summed E-state index contributed by atoms with van der Waals surface area (Å²) in [6.45, 7) is 0.403. The van der Waals surface area contributed by atoms with Gasteiger partial charge >= 0.3 is 5.00 Å². The van der Waals surface area contributed by atoms with Gasteiger partial charge in [0.05, 0.1) is 21.1 Å². The molecule has 0 aliphatic heterocycles. The Kier molecular flexibility index (Phi) is 5.67. The number of hydrogen-bond donors (Lipinski definition) is 2. The van der Waals surface area contributed by atoms with Gasteiger partial charge in [0.25, 0.3) is 11.8 Å². The Morgan fingerprint density at radius 3 is 2.43 bits per heavy atom. The van der Waals surface area contributed by atoms with E-state index in [-0.39, 0.29) is 29.6 Å². The third-order valence-electron chi connectivity index (χ3n) is 2.84. The van der Waals surface area contributed by atoms with E-state index in [9.17, 15) is 19.7 Å². The molecular formula is C14H12ClN3O4S. The van der Waals surface area contributed by atoms with Crippen LogP contribution in [-0.2, 0) is 0 Å². The number of nitro groups is 1. The van der Waals surface area contributed by atoms with Crippen molar-refractivity contribution in [1.82, 2.24) is 10.6 Å². The Balaban J connectivity index is 1.78. The van der Waals surface area contributed by atoms with Gasteiger partial charge in [0.15, 0.2) is 0 Å². The topological polar surface area (TPSA) is 101 Å². The third kappa shape index (κ3) is 4.51. The number of carbonyl (C=O) groups is 2. The van der Waals surface area contributed by atoms with Gasteiger partial charge in [-0.05, 0) is 12.1 Å². The summed E-state index contributed by atoms with van der Waals surface area (Å²) in [5, 5.41) is 17.4. The molecule has 0 spiro atoms. The predicted octanol–water partition coefficient (Wildman–Crippen LogP) is 2.47. The van der Waals surface area contributed by atoms with Gasteiger partial charge in [0.1, 0.15) is 0 Å².